The predicted octanol–water partition coefficient (Wildman–Crippen LogP) is 4.74. The van der Waals surface area contributed by atoms with E-state index in [-0.39, 0.29) is 25.0 Å². The van der Waals surface area contributed by atoms with E-state index in [1.807, 2.05) is 48.5 Å². The summed E-state index contributed by atoms with van der Waals surface area (Å²) >= 11 is 0. The van der Waals surface area contributed by atoms with Crippen LogP contribution in [0.1, 0.15) is 28.5 Å². The normalized spacial score (nSPS) is 19.1. The van der Waals surface area contributed by atoms with Gasteiger partial charge in [0, 0.05) is 24.9 Å². The molecule has 0 bridgehead atoms. The highest BCUT2D eigenvalue weighted by atomic mass is 16.6. The van der Waals surface area contributed by atoms with Crippen molar-refractivity contribution in [2.24, 2.45) is 5.92 Å². The Labute approximate surface area is 192 Å². The van der Waals surface area contributed by atoms with Crippen molar-refractivity contribution in [1.82, 2.24) is 4.90 Å². The lowest BCUT2D eigenvalue weighted by Gasteiger charge is -2.19. The molecule has 1 saturated heterocycles. The Balaban J connectivity index is 1.32. The molecule has 0 radical (unpaired) electrons. The highest BCUT2D eigenvalue weighted by molar-refractivity contribution is 5.79. The lowest BCUT2D eigenvalue weighted by atomic mass is 9.89. The van der Waals surface area contributed by atoms with Gasteiger partial charge in [0.1, 0.15) is 12.4 Å². The van der Waals surface area contributed by atoms with Gasteiger partial charge in [-0.05, 0) is 39.9 Å². The van der Waals surface area contributed by atoms with Gasteiger partial charge >= 0.3 is 12.1 Å². The number of likely N-dealkylation sites (tertiary alicyclic amines) is 1. The molecule has 0 unspecified atom stereocenters. The zero-order valence-corrected chi connectivity index (χ0v) is 18.3. The SMILES string of the molecule is COc1cccc([C@@H]2CN(C(=O)OCC3c4ccccc4-c4ccccc43)C[C@H]2C(=O)O)c1. The molecule has 3 aromatic carbocycles. The zero-order valence-electron chi connectivity index (χ0n) is 18.3. The lowest BCUT2D eigenvalue weighted by molar-refractivity contribution is -0.141. The second-order valence-corrected chi connectivity index (χ2v) is 8.54. The standard InChI is InChI=1S/C27H25NO5/c1-32-18-8-6-7-17(13-18)23-14-28(15-24(23)26(29)30)27(31)33-16-25-21-11-4-2-9-19(21)20-10-3-5-12-22(20)25/h2-13,23-25H,14-16H2,1H3,(H,29,30)/t23-,24+/m0/s1. The van der Waals surface area contributed by atoms with E-state index in [0.717, 1.165) is 16.7 Å². The van der Waals surface area contributed by atoms with Gasteiger partial charge in [0.2, 0.25) is 0 Å². The molecule has 1 N–H and O–H groups in total. The Morgan fingerprint density at radius 3 is 2.24 bits per heavy atom. The number of fused-ring (bicyclic) bond motifs is 3. The van der Waals surface area contributed by atoms with E-state index in [1.165, 1.54) is 16.0 Å². The van der Waals surface area contributed by atoms with Crippen LogP contribution in [0.25, 0.3) is 11.1 Å². The molecule has 5 rings (SSSR count). The van der Waals surface area contributed by atoms with Gasteiger partial charge in [-0.1, -0.05) is 60.7 Å². The third-order valence-electron chi connectivity index (χ3n) is 6.75. The minimum absolute atomic E-state index is 0.0339. The van der Waals surface area contributed by atoms with Crippen molar-refractivity contribution in [3.8, 4) is 16.9 Å². The Kier molecular flexibility index (Phi) is 5.50. The minimum atomic E-state index is -0.920. The number of carboxylic acid groups (broad SMARTS) is 1. The summed E-state index contributed by atoms with van der Waals surface area (Å²) in [6.45, 7) is 0.625. The van der Waals surface area contributed by atoms with Crippen molar-refractivity contribution >= 4 is 12.1 Å². The first-order valence-electron chi connectivity index (χ1n) is 11.0. The van der Waals surface area contributed by atoms with Crippen LogP contribution in [-0.4, -0.2) is 48.9 Å². The molecule has 1 fully saturated rings. The van der Waals surface area contributed by atoms with Crippen molar-refractivity contribution in [2.45, 2.75) is 11.8 Å². The molecule has 0 aromatic heterocycles. The Hall–Kier alpha value is -3.80. The average molecular weight is 443 g/mol. The van der Waals surface area contributed by atoms with Crippen molar-refractivity contribution < 1.29 is 24.2 Å². The van der Waals surface area contributed by atoms with Gasteiger partial charge < -0.3 is 19.5 Å². The number of carbonyl (C=O) groups excluding carboxylic acids is 1. The summed E-state index contributed by atoms with van der Waals surface area (Å²) < 4.78 is 11.0. The van der Waals surface area contributed by atoms with Crippen LogP contribution in [0.5, 0.6) is 5.75 Å². The maximum atomic E-state index is 13.0. The van der Waals surface area contributed by atoms with Gasteiger partial charge in [-0.15, -0.1) is 0 Å². The second-order valence-electron chi connectivity index (χ2n) is 8.54. The van der Waals surface area contributed by atoms with Crippen LogP contribution in [-0.2, 0) is 9.53 Å². The number of benzene rings is 3. The van der Waals surface area contributed by atoms with Crippen molar-refractivity contribution in [3.63, 3.8) is 0 Å². The van der Waals surface area contributed by atoms with Crippen LogP contribution in [0.4, 0.5) is 4.79 Å². The topological polar surface area (TPSA) is 76.1 Å². The maximum Gasteiger partial charge on any atom is 0.409 e. The summed E-state index contributed by atoms with van der Waals surface area (Å²) in [6.07, 6.45) is -0.478. The van der Waals surface area contributed by atoms with Crippen molar-refractivity contribution in [2.75, 3.05) is 26.8 Å². The molecule has 2 atom stereocenters. The fraction of sp³-hybridized carbons (Fsp3) is 0.259. The first-order valence-corrected chi connectivity index (χ1v) is 11.0. The fourth-order valence-electron chi connectivity index (χ4n) is 5.10. The van der Waals surface area contributed by atoms with E-state index in [1.54, 1.807) is 7.11 Å². The number of methoxy groups -OCH3 is 1. The van der Waals surface area contributed by atoms with Crippen LogP contribution < -0.4 is 4.74 Å². The first-order chi connectivity index (χ1) is 16.1. The molecule has 1 heterocycles. The molecular weight excluding hydrogens is 418 g/mol. The molecule has 0 saturated carbocycles. The zero-order chi connectivity index (χ0) is 22.9. The molecule has 1 amide bonds. The van der Waals surface area contributed by atoms with E-state index in [9.17, 15) is 14.7 Å². The summed E-state index contributed by atoms with van der Waals surface area (Å²) in [4.78, 5) is 26.4. The van der Waals surface area contributed by atoms with Gasteiger partial charge in [0.05, 0.1) is 13.0 Å². The number of hydrogen-bond acceptors (Lipinski definition) is 4. The van der Waals surface area contributed by atoms with Crippen LogP contribution in [0.15, 0.2) is 72.8 Å². The highest BCUT2D eigenvalue weighted by Crippen LogP contribution is 2.44. The van der Waals surface area contributed by atoms with Crippen LogP contribution in [0, 0.1) is 5.92 Å². The summed E-state index contributed by atoms with van der Waals surface area (Å²) in [5.74, 6) is -1.31. The molecule has 168 valence electrons. The Morgan fingerprint density at radius 1 is 0.939 bits per heavy atom. The van der Waals surface area contributed by atoms with E-state index >= 15 is 0 Å². The molecule has 1 aliphatic carbocycles. The minimum Gasteiger partial charge on any atom is -0.497 e. The van der Waals surface area contributed by atoms with Crippen molar-refractivity contribution in [1.29, 1.82) is 0 Å². The first kappa shape index (κ1) is 21.1. The number of nitrogens with zero attached hydrogens (tertiary/aromatic N) is 1. The largest absolute Gasteiger partial charge is 0.497 e. The smallest absolute Gasteiger partial charge is 0.409 e. The quantitative estimate of drug-likeness (QED) is 0.616. The van der Waals surface area contributed by atoms with Crippen LogP contribution in [0.3, 0.4) is 0 Å². The number of ether oxygens (including phenoxy) is 2. The molecule has 2 aliphatic rings. The maximum absolute atomic E-state index is 13.0. The number of carbonyl (C=O) groups is 2. The Bertz CT molecular complexity index is 1160. The molecule has 1 aliphatic heterocycles. The number of rotatable bonds is 5. The summed E-state index contributed by atoms with van der Waals surface area (Å²) in [6, 6.07) is 23.7. The fourth-order valence-corrected chi connectivity index (χ4v) is 5.10. The highest BCUT2D eigenvalue weighted by Gasteiger charge is 2.41. The van der Waals surface area contributed by atoms with E-state index in [0.29, 0.717) is 12.3 Å². The van der Waals surface area contributed by atoms with E-state index in [2.05, 4.69) is 24.3 Å². The summed E-state index contributed by atoms with van der Waals surface area (Å²) in [7, 11) is 1.57. The van der Waals surface area contributed by atoms with Crippen molar-refractivity contribution in [3.05, 3.63) is 89.5 Å². The van der Waals surface area contributed by atoms with E-state index in [4.69, 9.17) is 9.47 Å². The van der Waals surface area contributed by atoms with Gasteiger partial charge in [-0.3, -0.25) is 4.79 Å². The molecular formula is C27H25NO5. The molecule has 33 heavy (non-hydrogen) atoms. The summed E-state index contributed by atoms with van der Waals surface area (Å²) in [5, 5.41) is 9.78. The van der Waals surface area contributed by atoms with Crippen LogP contribution >= 0.6 is 0 Å². The number of aliphatic carboxylic acids is 1. The molecule has 6 heteroatoms. The molecule has 0 spiro atoms. The predicted molar refractivity (Wildman–Crippen MR) is 124 cm³/mol. The van der Waals surface area contributed by atoms with Gasteiger partial charge in [-0.25, -0.2) is 4.79 Å². The Morgan fingerprint density at radius 2 is 1.61 bits per heavy atom. The third kappa shape index (κ3) is 3.82. The number of hydrogen-bond donors (Lipinski definition) is 1. The summed E-state index contributed by atoms with van der Waals surface area (Å²) in [5.41, 5.74) is 5.46. The average Bonchev–Trinajstić information content (AvgIpc) is 3.43. The lowest BCUT2D eigenvalue weighted by Crippen LogP contribution is -2.31. The monoisotopic (exact) mass is 443 g/mol. The number of amides is 1. The molecule has 6 nitrogen and oxygen atoms in total. The second kappa shape index (κ2) is 8.62. The number of carboxylic acids is 1. The van der Waals surface area contributed by atoms with E-state index < -0.39 is 18.0 Å². The van der Waals surface area contributed by atoms with Gasteiger partial charge in [0.15, 0.2) is 0 Å². The van der Waals surface area contributed by atoms with Gasteiger partial charge in [0.25, 0.3) is 0 Å². The van der Waals surface area contributed by atoms with Crippen LogP contribution in [0.2, 0.25) is 0 Å². The third-order valence-corrected chi connectivity index (χ3v) is 6.75. The molecule has 3 aromatic rings. The van der Waals surface area contributed by atoms with Gasteiger partial charge in [-0.2, -0.15) is 0 Å².